The summed E-state index contributed by atoms with van der Waals surface area (Å²) >= 11 is 0. The molecular weight excluding hydrogens is 454 g/mol. The molecule has 0 atom stereocenters. The number of hydrogen-bond acceptors (Lipinski definition) is 7. The van der Waals surface area contributed by atoms with Gasteiger partial charge in [-0.25, -0.2) is 23.9 Å². The number of imide groups is 1. The van der Waals surface area contributed by atoms with E-state index in [-0.39, 0.29) is 35.2 Å². The number of ether oxygens (including phenoxy) is 2. The first-order valence-corrected chi connectivity index (χ1v) is 12.4. The Morgan fingerprint density at radius 3 is 2.37 bits per heavy atom. The number of piperidine rings is 2. The molecule has 0 bridgehead atoms. The lowest BCUT2D eigenvalue weighted by Crippen LogP contribution is -2.58. The van der Waals surface area contributed by atoms with Crippen LogP contribution < -0.4 is 0 Å². The second-order valence-electron chi connectivity index (χ2n) is 10.7. The molecule has 0 aliphatic carbocycles. The van der Waals surface area contributed by atoms with Gasteiger partial charge in [0.25, 0.3) is 0 Å². The highest BCUT2D eigenvalue weighted by Gasteiger charge is 2.45. The summed E-state index contributed by atoms with van der Waals surface area (Å²) in [7, 11) is 0. The Morgan fingerprint density at radius 2 is 1.77 bits per heavy atom. The van der Waals surface area contributed by atoms with Gasteiger partial charge in [0.2, 0.25) is 0 Å². The topological polar surface area (TPSA) is 111 Å². The number of carbonyl (C=O) groups is 4. The lowest BCUT2D eigenvalue weighted by molar-refractivity contribution is -0.787. The zero-order valence-corrected chi connectivity index (χ0v) is 21.1. The van der Waals surface area contributed by atoms with Crippen LogP contribution in [0.25, 0.3) is 0 Å². The number of quaternary nitrogens is 1. The first kappa shape index (κ1) is 25.2. The third kappa shape index (κ3) is 5.05. The molecular formula is C24H36N5O6+. The summed E-state index contributed by atoms with van der Waals surface area (Å²) in [5, 5.41) is 0. The largest absolute Gasteiger partial charge is 0.524 e. The van der Waals surface area contributed by atoms with Crippen molar-refractivity contribution in [3.63, 3.8) is 0 Å². The molecule has 0 unspecified atom stereocenters. The second kappa shape index (κ2) is 9.60. The molecule has 2 saturated heterocycles. The zero-order chi connectivity index (χ0) is 25.4. The smallest absolute Gasteiger partial charge is 0.444 e. The van der Waals surface area contributed by atoms with Gasteiger partial charge in [-0.05, 0) is 52.9 Å². The third-order valence-electron chi connectivity index (χ3n) is 7.09. The van der Waals surface area contributed by atoms with Crippen LogP contribution in [0.4, 0.5) is 14.4 Å². The highest BCUT2D eigenvalue weighted by molar-refractivity contribution is 5.82. The van der Waals surface area contributed by atoms with Gasteiger partial charge >= 0.3 is 24.1 Å². The summed E-state index contributed by atoms with van der Waals surface area (Å²) in [6, 6.07) is -0.205. The van der Waals surface area contributed by atoms with Crippen LogP contribution in [0.1, 0.15) is 71.3 Å². The first-order chi connectivity index (χ1) is 16.5. The molecule has 1 aromatic rings. The number of imidazole rings is 1. The minimum absolute atomic E-state index is 0.00336. The quantitative estimate of drug-likeness (QED) is 0.598. The number of rotatable bonds is 3. The summed E-state index contributed by atoms with van der Waals surface area (Å²) in [5.41, 5.74) is 0.193. The SMILES string of the molecule is CC(=O)[N+]1(C(=O)OCc2ncc3n2C(=O)N(C2CCN(C(=O)OC(C)(C)C)CC2)C3)CCCCC1. The Bertz CT molecular complexity index is 999. The molecule has 0 radical (unpaired) electrons. The third-order valence-corrected chi connectivity index (χ3v) is 7.09. The Hall–Kier alpha value is -2.95. The Kier molecular flexibility index (Phi) is 6.90. The highest BCUT2D eigenvalue weighted by atomic mass is 16.6. The van der Waals surface area contributed by atoms with Crippen LogP contribution in [0.5, 0.6) is 0 Å². The lowest BCUT2D eigenvalue weighted by Gasteiger charge is -2.36. The first-order valence-electron chi connectivity index (χ1n) is 12.4. The Morgan fingerprint density at radius 1 is 1.11 bits per heavy atom. The molecule has 192 valence electrons. The monoisotopic (exact) mass is 490 g/mol. The molecule has 4 rings (SSSR count). The number of aromatic nitrogens is 2. The fourth-order valence-corrected chi connectivity index (χ4v) is 5.15. The van der Waals surface area contributed by atoms with E-state index >= 15 is 0 Å². The van der Waals surface area contributed by atoms with Gasteiger partial charge in [-0.15, -0.1) is 0 Å². The van der Waals surface area contributed by atoms with Gasteiger partial charge in [0.05, 0.1) is 38.4 Å². The van der Waals surface area contributed by atoms with E-state index in [0.717, 1.165) is 25.0 Å². The molecule has 4 heterocycles. The van der Waals surface area contributed by atoms with E-state index in [1.807, 2.05) is 20.8 Å². The molecule has 1 aromatic heterocycles. The van der Waals surface area contributed by atoms with Crippen molar-refractivity contribution in [2.75, 3.05) is 26.2 Å². The lowest BCUT2D eigenvalue weighted by atomic mass is 10.0. The van der Waals surface area contributed by atoms with E-state index in [1.54, 1.807) is 16.0 Å². The number of amides is 4. The van der Waals surface area contributed by atoms with E-state index in [4.69, 9.17) is 9.47 Å². The molecule has 4 amide bonds. The van der Waals surface area contributed by atoms with Gasteiger partial charge in [0, 0.05) is 19.1 Å². The molecule has 0 spiro atoms. The summed E-state index contributed by atoms with van der Waals surface area (Å²) < 4.78 is 12.2. The molecule has 35 heavy (non-hydrogen) atoms. The summed E-state index contributed by atoms with van der Waals surface area (Å²) in [6.07, 6.45) is 4.64. The molecule has 11 nitrogen and oxygen atoms in total. The summed E-state index contributed by atoms with van der Waals surface area (Å²) in [6.45, 7) is 9.13. The minimum Gasteiger partial charge on any atom is -0.444 e. The van der Waals surface area contributed by atoms with Gasteiger partial charge < -0.3 is 19.3 Å². The minimum atomic E-state index is -0.577. The molecule has 11 heteroatoms. The molecule has 0 N–H and O–H groups in total. The van der Waals surface area contributed by atoms with Crippen molar-refractivity contribution in [1.82, 2.24) is 19.4 Å². The fourth-order valence-electron chi connectivity index (χ4n) is 5.15. The van der Waals surface area contributed by atoms with Crippen molar-refractivity contribution in [3.8, 4) is 0 Å². The number of likely N-dealkylation sites (tertiary alicyclic amines) is 2. The zero-order valence-electron chi connectivity index (χ0n) is 21.1. The van der Waals surface area contributed by atoms with Crippen molar-refractivity contribution in [3.05, 3.63) is 17.7 Å². The van der Waals surface area contributed by atoms with Gasteiger partial charge in [0.15, 0.2) is 12.4 Å². The predicted molar refractivity (Wildman–Crippen MR) is 124 cm³/mol. The van der Waals surface area contributed by atoms with Crippen molar-refractivity contribution in [1.29, 1.82) is 0 Å². The number of fused-ring (bicyclic) bond motifs is 1. The maximum Gasteiger partial charge on any atom is 0.524 e. The van der Waals surface area contributed by atoms with Gasteiger partial charge in [-0.3, -0.25) is 0 Å². The van der Waals surface area contributed by atoms with Crippen LogP contribution in [0.15, 0.2) is 6.20 Å². The van der Waals surface area contributed by atoms with E-state index in [2.05, 4.69) is 4.98 Å². The summed E-state index contributed by atoms with van der Waals surface area (Å²) in [4.78, 5) is 58.5. The van der Waals surface area contributed by atoms with Crippen molar-refractivity contribution in [2.24, 2.45) is 0 Å². The van der Waals surface area contributed by atoms with Crippen LogP contribution in [0, 0.1) is 0 Å². The van der Waals surface area contributed by atoms with Crippen LogP contribution in [-0.2, 0) is 27.4 Å². The van der Waals surface area contributed by atoms with Gasteiger partial charge in [-0.1, -0.05) is 0 Å². The highest BCUT2D eigenvalue weighted by Crippen LogP contribution is 2.28. The number of hydrogen-bond donors (Lipinski definition) is 0. The standard InChI is InChI=1S/C24H36N5O6/c1-17(30)29(12-6-5-7-13-29)23(33)34-16-20-25-14-19-15-27(21(31)28(19)20)18-8-10-26(11-9-18)22(32)35-24(2,3)4/h14,18H,5-13,15-16H2,1-4H3/q+1. The normalized spacial score (nSPS) is 20.5. The van der Waals surface area contributed by atoms with E-state index < -0.39 is 11.7 Å². The molecule has 0 aromatic carbocycles. The van der Waals surface area contributed by atoms with E-state index in [9.17, 15) is 19.2 Å². The van der Waals surface area contributed by atoms with Crippen LogP contribution in [0.3, 0.4) is 0 Å². The van der Waals surface area contributed by atoms with Crippen molar-refractivity contribution in [2.45, 2.75) is 84.6 Å². The number of nitrogens with zero attached hydrogens (tertiary/aromatic N) is 5. The maximum absolute atomic E-state index is 13.2. The Balaban J connectivity index is 1.35. The van der Waals surface area contributed by atoms with E-state index in [1.165, 1.54) is 11.5 Å². The van der Waals surface area contributed by atoms with Crippen molar-refractivity contribution < 1.29 is 33.1 Å². The number of carbonyl (C=O) groups excluding carboxylic acids is 4. The van der Waals surface area contributed by atoms with Crippen LogP contribution in [0.2, 0.25) is 0 Å². The second-order valence-corrected chi connectivity index (χ2v) is 10.7. The molecule has 3 aliphatic rings. The van der Waals surface area contributed by atoms with Crippen molar-refractivity contribution >= 4 is 24.1 Å². The predicted octanol–water partition coefficient (Wildman–Crippen LogP) is 3.25. The fraction of sp³-hybridized carbons (Fsp3) is 0.708. The average Bonchev–Trinajstić information content (AvgIpc) is 3.36. The van der Waals surface area contributed by atoms with Gasteiger partial charge in [0.1, 0.15) is 5.60 Å². The van der Waals surface area contributed by atoms with Crippen LogP contribution >= 0.6 is 0 Å². The molecule has 2 fully saturated rings. The van der Waals surface area contributed by atoms with E-state index in [0.29, 0.717) is 51.4 Å². The maximum atomic E-state index is 13.2. The van der Waals surface area contributed by atoms with Crippen LogP contribution in [-0.4, -0.2) is 85.8 Å². The molecule has 3 aliphatic heterocycles. The van der Waals surface area contributed by atoms with Gasteiger partial charge in [-0.2, -0.15) is 9.28 Å². The average molecular weight is 491 g/mol. The summed E-state index contributed by atoms with van der Waals surface area (Å²) in [5.74, 6) is 0.133. The molecule has 0 saturated carbocycles. The Labute approximate surface area is 205 Å².